The molecule has 1 aromatic heterocycles. The number of pyridine rings is 1. The average molecular weight is 595 g/mol. The number of ether oxygens (including phenoxy) is 2. The first kappa shape index (κ1) is 29.3. The van der Waals surface area contributed by atoms with Crippen LogP contribution in [0.1, 0.15) is 93.5 Å². The molecule has 0 amide bonds. The highest BCUT2D eigenvalue weighted by molar-refractivity contribution is 7.99. The molecular weight excluding hydrogens is 556 g/mol. The molecule has 4 bridgehead atoms. The largest absolute Gasteiger partial charge is 0.463 e. The number of hydrogen-bond donors (Lipinski definition) is 1. The second kappa shape index (κ2) is 11.7. The monoisotopic (exact) mass is 594 g/mol. The van der Waals surface area contributed by atoms with Gasteiger partial charge in [0, 0.05) is 11.1 Å². The predicted octanol–water partition coefficient (Wildman–Crippen LogP) is 6.96. The predicted molar refractivity (Wildman–Crippen MR) is 164 cm³/mol. The van der Waals surface area contributed by atoms with E-state index in [1.165, 1.54) is 50.3 Å². The van der Waals surface area contributed by atoms with E-state index in [2.05, 4.69) is 32.1 Å². The van der Waals surface area contributed by atoms with Crippen LogP contribution in [-0.4, -0.2) is 23.3 Å². The van der Waals surface area contributed by atoms with Gasteiger partial charge in [-0.1, -0.05) is 49.9 Å². The third kappa shape index (κ3) is 5.43. The summed E-state index contributed by atoms with van der Waals surface area (Å²) in [5.74, 6) is 1.91. The minimum atomic E-state index is -0.726. The number of esters is 1. The molecule has 7 rings (SSSR count). The Kier molecular flexibility index (Phi) is 8.00. The number of nitriles is 2. The lowest BCUT2D eigenvalue weighted by molar-refractivity contribution is -0.139. The summed E-state index contributed by atoms with van der Waals surface area (Å²) in [6.07, 6.45) is 7.58. The van der Waals surface area contributed by atoms with Crippen molar-refractivity contribution < 1.29 is 14.3 Å². The lowest BCUT2D eigenvalue weighted by Crippen LogP contribution is -2.49. The van der Waals surface area contributed by atoms with Gasteiger partial charge in [-0.2, -0.15) is 10.5 Å². The van der Waals surface area contributed by atoms with Gasteiger partial charge in [0.1, 0.15) is 28.5 Å². The van der Waals surface area contributed by atoms with E-state index < -0.39 is 11.9 Å². The van der Waals surface area contributed by atoms with Gasteiger partial charge in [0.25, 0.3) is 0 Å². The summed E-state index contributed by atoms with van der Waals surface area (Å²) in [5.41, 5.74) is 10.3. The molecular formula is C35H38N4O3S. The lowest BCUT2D eigenvalue weighted by Gasteiger charge is -2.56. The summed E-state index contributed by atoms with van der Waals surface area (Å²) in [6.45, 7) is 6.15. The Morgan fingerprint density at radius 1 is 1.07 bits per heavy atom. The Balaban J connectivity index is 1.35. The van der Waals surface area contributed by atoms with Gasteiger partial charge in [0.05, 0.1) is 29.4 Å². The number of rotatable bonds is 8. The van der Waals surface area contributed by atoms with Crippen LogP contribution in [0.4, 0.5) is 0 Å². The topological polar surface area (TPSA) is 122 Å². The van der Waals surface area contributed by atoms with E-state index in [0.717, 1.165) is 34.6 Å². The van der Waals surface area contributed by atoms with Crippen molar-refractivity contribution in [2.75, 3.05) is 12.4 Å². The zero-order chi connectivity index (χ0) is 30.3. The second-order valence-electron chi connectivity index (χ2n) is 13.0. The van der Waals surface area contributed by atoms with Crippen LogP contribution < -0.4 is 5.73 Å². The smallest absolute Gasteiger partial charge is 0.338 e. The summed E-state index contributed by atoms with van der Waals surface area (Å²) < 4.78 is 11.5. The van der Waals surface area contributed by atoms with Gasteiger partial charge in [0.2, 0.25) is 5.88 Å². The van der Waals surface area contributed by atoms with Crippen molar-refractivity contribution in [3.63, 3.8) is 0 Å². The maximum absolute atomic E-state index is 13.5. The van der Waals surface area contributed by atoms with Crippen molar-refractivity contribution in [3.8, 4) is 12.1 Å². The summed E-state index contributed by atoms with van der Waals surface area (Å²) >= 11 is 1.36. The van der Waals surface area contributed by atoms with Crippen molar-refractivity contribution >= 4 is 17.7 Å². The Bertz CT molecular complexity index is 1540. The highest BCUT2D eigenvalue weighted by Gasteiger charge is 2.52. The highest BCUT2D eigenvalue weighted by Crippen LogP contribution is 2.60. The van der Waals surface area contributed by atoms with Crippen LogP contribution in [0.5, 0.6) is 0 Å². The third-order valence-electron chi connectivity index (χ3n) is 9.83. The number of nitrogens with two attached hydrogens (primary N) is 1. The Hall–Kier alpha value is -3.75. The van der Waals surface area contributed by atoms with E-state index in [9.17, 15) is 15.3 Å². The number of thioether (sulfide) groups is 1. The fourth-order valence-corrected chi connectivity index (χ4v) is 9.17. The molecule has 2 aromatic rings. The first-order valence-electron chi connectivity index (χ1n) is 15.4. The molecule has 222 valence electrons. The van der Waals surface area contributed by atoms with Crippen molar-refractivity contribution in [2.45, 2.75) is 81.6 Å². The van der Waals surface area contributed by atoms with Crippen molar-refractivity contribution in [1.29, 1.82) is 10.5 Å². The number of hydrogen-bond acceptors (Lipinski definition) is 8. The highest BCUT2D eigenvalue weighted by atomic mass is 32.2. The molecule has 4 saturated carbocycles. The van der Waals surface area contributed by atoms with E-state index in [4.69, 9.17) is 20.2 Å². The SMILES string of the molecule is CCOC(=O)C1=C(CSc2nc(C34CC5CC(CC(C5)C3)C4)ccc2C#N)OC(N)=C(C#N)C1c1ccc(C(C)C)cc1. The van der Waals surface area contributed by atoms with Gasteiger partial charge in [-0.15, -0.1) is 0 Å². The fourth-order valence-electron chi connectivity index (χ4n) is 8.25. The second-order valence-corrected chi connectivity index (χ2v) is 13.9. The van der Waals surface area contributed by atoms with E-state index >= 15 is 0 Å². The molecule has 4 aliphatic carbocycles. The standard InChI is InChI=1S/C35H38N4O3S/c1-4-41-34(40)31-28(42-32(38)27(18-37)30(31)25-7-5-24(6-8-25)20(2)3)19-43-33-26(17-36)9-10-29(39-33)35-14-21-11-22(15-35)13-23(12-21)16-35/h5-10,20-23,30H,4,11-16,19,38H2,1-3H3. The van der Waals surface area contributed by atoms with Crippen LogP contribution in [0, 0.1) is 40.4 Å². The summed E-state index contributed by atoms with van der Waals surface area (Å²) in [7, 11) is 0. The molecule has 1 aromatic carbocycles. The quantitative estimate of drug-likeness (QED) is 0.257. The first-order chi connectivity index (χ1) is 20.7. The number of aromatic nitrogens is 1. The van der Waals surface area contributed by atoms with E-state index in [0.29, 0.717) is 22.3 Å². The minimum Gasteiger partial charge on any atom is -0.463 e. The molecule has 2 N–H and O–H groups in total. The number of carbonyl (C=O) groups is 1. The Morgan fingerprint density at radius 2 is 1.72 bits per heavy atom. The normalized spacial score (nSPS) is 27.6. The average Bonchev–Trinajstić information content (AvgIpc) is 2.99. The molecule has 0 radical (unpaired) electrons. The van der Waals surface area contributed by atoms with Crippen molar-refractivity contribution in [3.05, 3.63) is 81.6 Å². The molecule has 0 saturated heterocycles. The van der Waals surface area contributed by atoms with Crippen molar-refractivity contribution in [1.82, 2.24) is 4.98 Å². The molecule has 2 heterocycles. The first-order valence-corrected chi connectivity index (χ1v) is 16.4. The maximum Gasteiger partial charge on any atom is 0.338 e. The summed E-state index contributed by atoms with van der Waals surface area (Å²) in [6, 6.07) is 16.3. The molecule has 4 fully saturated rings. The lowest BCUT2D eigenvalue weighted by atomic mass is 9.49. The van der Waals surface area contributed by atoms with Crippen LogP contribution in [0.15, 0.2) is 64.2 Å². The van der Waals surface area contributed by atoms with Crippen LogP contribution in [0.3, 0.4) is 0 Å². The molecule has 43 heavy (non-hydrogen) atoms. The molecule has 1 atom stereocenters. The van der Waals surface area contributed by atoms with Gasteiger partial charge >= 0.3 is 5.97 Å². The number of benzene rings is 1. The van der Waals surface area contributed by atoms with Gasteiger partial charge in [-0.05, 0) is 92.4 Å². The minimum absolute atomic E-state index is 0.0279. The molecule has 7 nitrogen and oxygen atoms in total. The van der Waals surface area contributed by atoms with E-state index in [1.807, 2.05) is 30.3 Å². The number of allylic oxidation sites excluding steroid dienone is 1. The molecule has 5 aliphatic rings. The number of carbonyl (C=O) groups excluding carboxylic acids is 1. The molecule has 8 heteroatoms. The molecule has 1 unspecified atom stereocenters. The van der Waals surface area contributed by atoms with Crippen LogP contribution >= 0.6 is 11.8 Å². The third-order valence-corrected chi connectivity index (χ3v) is 10.8. The van der Waals surface area contributed by atoms with Crippen molar-refractivity contribution in [2.24, 2.45) is 23.5 Å². The van der Waals surface area contributed by atoms with Crippen LogP contribution in [0.25, 0.3) is 0 Å². The zero-order valence-electron chi connectivity index (χ0n) is 25.1. The maximum atomic E-state index is 13.5. The van der Waals surface area contributed by atoms with Gasteiger partial charge in [-0.3, -0.25) is 0 Å². The number of nitrogens with zero attached hydrogens (tertiary/aromatic N) is 3. The zero-order valence-corrected chi connectivity index (χ0v) is 25.9. The van der Waals surface area contributed by atoms with Crippen LogP contribution in [0.2, 0.25) is 0 Å². The molecule has 0 spiro atoms. The van der Waals surface area contributed by atoms with Crippen LogP contribution in [-0.2, 0) is 19.7 Å². The Morgan fingerprint density at radius 3 is 2.28 bits per heavy atom. The summed E-state index contributed by atoms with van der Waals surface area (Å²) in [4.78, 5) is 18.6. The van der Waals surface area contributed by atoms with Gasteiger partial charge in [0.15, 0.2) is 0 Å². The molecule has 1 aliphatic heterocycles. The van der Waals surface area contributed by atoms with Gasteiger partial charge < -0.3 is 15.2 Å². The van der Waals surface area contributed by atoms with E-state index in [1.54, 1.807) is 6.92 Å². The fraction of sp³-hybridized carbons (Fsp3) is 0.486. The Labute approximate surface area is 258 Å². The van der Waals surface area contributed by atoms with E-state index in [-0.39, 0.29) is 34.8 Å². The van der Waals surface area contributed by atoms with Gasteiger partial charge in [-0.25, -0.2) is 9.78 Å². The summed E-state index contributed by atoms with van der Waals surface area (Å²) in [5, 5.41) is 20.7.